The topological polar surface area (TPSA) is 43.8 Å². The van der Waals surface area contributed by atoms with Gasteiger partial charge in [-0.2, -0.15) is 0 Å². The van der Waals surface area contributed by atoms with E-state index in [9.17, 15) is 0 Å². The van der Waals surface area contributed by atoms with Crippen molar-refractivity contribution in [1.29, 1.82) is 0 Å². The molecular weight excluding hydrogens is 262 g/mol. The van der Waals surface area contributed by atoms with Gasteiger partial charge in [0.05, 0.1) is 0 Å². The Morgan fingerprint density at radius 2 is 2.05 bits per heavy atom. The Balaban J connectivity index is 1.55. The summed E-state index contributed by atoms with van der Waals surface area (Å²) in [4.78, 5) is 13.8. The first kappa shape index (κ1) is 12.7. The molecule has 3 heterocycles. The zero-order chi connectivity index (χ0) is 14.4. The van der Waals surface area contributed by atoms with Crippen molar-refractivity contribution in [3.05, 3.63) is 35.8 Å². The van der Waals surface area contributed by atoms with Crippen LogP contribution in [0.1, 0.15) is 12.0 Å². The molecule has 110 valence electrons. The minimum Gasteiger partial charge on any atom is -0.373 e. The fraction of sp³-hybridized carbons (Fsp3) is 0.500. The van der Waals surface area contributed by atoms with Gasteiger partial charge in [0.15, 0.2) is 0 Å². The van der Waals surface area contributed by atoms with Crippen LogP contribution < -0.4 is 10.2 Å². The van der Waals surface area contributed by atoms with Crippen LogP contribution in [0.15, 0.2) is 35.2 Å². The molecule has 1 aromatic heterocycles. The van der Waals surface area contributed by atoms with E-state index in [0.717, 1.165) is 41.4 Å². The number of amidine groups is 1. The van der Waals surface area contributed by atoms with E-state index in [0.29, 0.717) is 0 Å². The van der Waals surface area contributed by atoms with E-state index >= 15 is 0 Å². The summed E-state index contributed by atoms with van der Waals surface area (Å²) in [5, 5.41) is 3.11. The molecule has 5 heteroatoms. The molecule has 3 aliphatic rings. The first-order chi connectivity index (χ1) is 10.2. The molecule has 0 bridgehead atoms. The van der Waals surface area contributed by atoms with E-state index in [1.54, 1.807) is 0 Å². The lowest BCUT2D eigenvalue weighted by molar-refractivity contribution is 0.548. The summed E-state index contributed by atoms with van der Waals surface area (Å²) in [5.74, 6) is 4.87. The lowest BCUT2D eigenvalue weighted by Gasteiger charge is -2.25. The Morgan fingerprint density at radius 3 is 2.71 bits per heavy atom. The lowest BCUT2D eigenvalue weighted by atomic mass is 10.2. The molecule has 2 unspecified atom stereocenters. The summed E-state index contributed by atoms with van der Waals surface area (Å²) in [7, 11) is 3.96. The first-order valence-corrected chi connectivity index (χ1v) is 7.63. The van der Waals surface area contributed by atoms with Crippen molar-refractivity contribution in [2.24, 2.45) is 16.8 Å². The zero-order valence-electron chi connectivity index (χ0n) is 12.6. The Bertz CT molecular complexity index is 594. The summed E-state index contributed by atoms with van der Waals surface area (Å²) in [5.41, 5.74) is 1.08. The molecule has 0 amide bonds. The van der Waals surface area contributed by atoms with E-state index in [1.807, 2.05) is 13.2 Å². The van der Waals surface area contributed by atoms with Crippen molar-refractivity contribution in [1.82, 2.24) is 15.2 Å². The summed E-state index contributed by atoms with van der Waals surface area (Å²) in [6.07, 6.45) is 5.46. The van der Waals surface area contributed by atoms with E-state index in [1.165, 1.54) is 19.5 Å². The molecule has 0 spiro atoms. The molecule has 2 aliphatic heterocycles. The Kier molecular flexibility index (Phi) is 2.87. The average Bonchev–Trinajstić information content (AvgIpc) is 3.14. The number of anilines is 1. The smallest absolute Gasteiger partial charge is 0.139 e. The molecule has 1 aromatic rings. The van der Waals surface area contributed by atoms with Crippen molar-refractivity contribution < 1.29 is 0 Å². The largest absolute Gasteiger partial charge is 0.373 e. The second kappa shape index (κ2) is 4.76. The molecule has 0 aromatic carbocycles. The average molecular weight is 283 g/mol. The van der Waals surface area contributed by atoms with Gasteiger partial charge < -0.3 is 15.1 Å². The lowest BCUT2D eigenvalue weighted by Crippen LogP contribution is -2.32. The van der Waals surface area contributed by atoms with Crippen LogP contribution in [-0.2, 0) is 0 Å². The van der Waals surface area contributed by atoms with Crippen molar-refractivity contribution in [2.45, 2.75) is 6.42 Å². The fourth-order valence-electron chi connectivity index (χ4n) is 3.29. The standard InChI is InChI=1S/C16H21N5/c1-17-14-5-6-20(2)16(19-14)11-3-4-15(18-8-11)21-9-12-7-13(12)10-21/h3-5,8,12-13,17H,6-7,9-10H2,1-2H3. The number of piperidine rings is 1. The molecule has 21 heavy (non-hydrogen) atoms. The van der Waals surface area contributed by atoms with Crippen LogP contribution in [-0.4, -0.2) is 49.4 Å². The second-order valence-corrected chi connectivity index (χ2v) is 6.22. The third-order valence-electron chi connectivity index (χ3n) is 4.71. The van der Waals surface area contributed by atoms with Crippen molar-refractivity contribution in [2.75, 3.05) is 38.6 Å². The van der Waals surface area contributed by atoms with Gasteiger partial charge in [0.1, 0.15) is 17.5 Å². The van der Waals surface area contributed by atoms with Crippen molar-refractivity contribution >= 4 is 11.7 Å². The minimum absolute atomic E-state index is 0.867. The number of aliphatic imine (C=N–C) groups is 1. The van der Waals surface area contributed by atoms with Gasteiger partial charge in [-0.05, 0) is 36.5 Å². The summed E-state index contributed by atoms with van der Waals surface area (Å²) >= 11 is 0. The Hall–Kier alpha value is -2.04. The highest BCUT2D eigenvalue weighted by molar-refractivity contribution is 5.99. The number of likely N-dealkylation sites (N-methyl/N-ethyl adjacent to an activating group) is 1. The summed E-state index contributed by atoms with van der Waals surface area (Å²) in [6.45, 7) is 3.24. The highest BCUT2D eigenvalue weighted by atomic mass is 15.2. The van der Waals surface area contributed by atoms with Crippen LogP contribution in [0.3, 0.4) is 0 Å². The molecule has 2 atom stereocenters. The first-order valence-electron chi connectivity index (χ1n) is 7.63. The van der Waals surface area contributed by atoms with Crippen LogP contribution in [0.25, 0.3) is 0 Å². The predicted molar refractivity (Wildman–Crippen MR) is 84.4 cm³/mol. The van der Waals surface area contributed by atoms with Crippen LogP contribution in [0.5, 0.6) is 0 Å². The van der Waals surface area contributed by atoms with E-state index < -0.39 is 0 Å². The van der Waals surface area contributed by atoms with Crippen LogP contribution >= 0.6 is 0 Å². The maximum absolute atomic E-state index is 4.65. The van der Waals surface area contributed by atoms with Gasteiger partial charge >= 0.3 is 0 Å². The SMILES string of the molecule is CNC1=CCN(C)C(c2ccc(N3CC4CC4C3)nc2)=N1. The van der Waals surface area contributed by atoms with Gasteiger partial charge in [-0.1, -0.05) is 0 Å². The quantitative estimate of drug-likeness (QED) is 0.908. The van der Waals surface area contributed by atoms with Crippen molar-refractivity contribution in [3.63, 3.8) is 0 Å². The molecule has 5 nitrogen and oxygen atoms in total. The zero-order valence-corrected chi connectivity index (χ0v) is 12.6. The number of fused-ring (bicyclic) bond motifs is 1. The molecular formula is C16H21N5. The molecule has 1 saturated carbocycles. The number of hydrogen-bond acceptors (Lipinski definition) is 5. The number of nitrogens with one attached hydrogen (secondary N) is 1. The summed E-state index contributed by atoms with van der Waals surface area (Å²) in [6, 6.07) is 4.27. The van der Waals surface area contributed by atoms with Gasteiger partial charge in [-0.3, -0.25) is 0 Å². The van der Waals surface area contributed by atoms with Gasteiger partial charge in [-0.15, -0.1) is 0 Å². The highest BCUT2D eigenvalue weighted by Gasteiger charge is 2.45. The van der Waals surface area contributed by atoms with Crippen molar-refractivity contribution in [3.8, 4) is 0 Å². The maximum Gasteiger partial charge on any atom is 0.139 e. The van der Waals surface area contributed by atoms with Crippen LogP contribution in [0.2, 0.25) is 0 Å². The Labute approximate surface area is 125 Å². The molecule has 1 saturated heterocycles. The van der Waals surface area contributed by atoms with Crippen LogP contribution in [0.4, 0.5) is 5.82 Å². The molecule has 1 aliphatic carbocycles. The molecule has 2 fully saturated rings. The fourth-order valence-corrected chi connectivity index (χ4v) is 3.29. The normalized spacial score (nSPS) is 27.1. The molecule has 1 N–H and O–H groups in total. The van der Waals surface area contributed by atoms with E-state index in [2.05, 4.69) is 50.3 Å². The predicted octanol–water partition coefficient (Wildman–Crippen LogP) is 1.29. The maximum atomic E-state index is 4.65. The van der Waals surface area contributed by atoms with E-state index in [-0.39, 0.29) is 0 Å². The third-order valence-corrected chi connectivity index (χ3v) is 4.71. The second-order valence-electron chi connectivity index (χ2n) is 6.22. The number of hydrogen-bond donors (Lipinski definition) is 1. The number of pyridine rings is 1. The molecule has 0 radical (unpaired) electrons. The highest BCUT2D eigenvalue weighted by Crippen LogP contribution is 2.45. The monoisotopic (exact) mass is 283 g/mol. The number of rotatable bonds is 3. The van der Waals surface area contributed by atoms with Gasteiger partial charge in [-0.25, -0.2) is 9.98 Å². The van der Waals surface area contributed by atoms with E-state index in [4.69, 9.17) is 0 Å². The minimum atomic E-state index is 0.867. The number of nitrogens with zero attached hydrogens (tertiary/aromatic N) is 4. The van der Waals surface area contributed by atoms with Gasteiger partial charge in [0.25, 0.3) is 0 Å². The van der Waals surface area contributed by atoms with Crippen LogP contribution in [0, 0.1) is 11.8 Å². The Morgan fingerprint density at radius 1 is 1.24 bits per heavy atom. The third kappa shape index (κ3) is 2.26. The van der Waals surface area contributed by atoms with Gasteiger partial charge in [0, 0.05) is 45.5 Å². The number of aromatic nitrogens is 1. The summed E-state index contributed by atoms with van der Waals surface area (Å²) < 4.78 is 0. The molecule has 4 rings (SSSR count). The van der Waals surface area contributed by atoms with Gasteiger partial charge in [0.2, 0.25) is 0 Å².